The number of nitrogens with zero attached hydrogens (tertiary/aromatic N) is 4. The van der Waals surface area contributed by atoms with Gasteiger partial charge in [0, 0.05) is 25.9 Å². The summed E-state index contributed by atoms with van der Waals surface area (Å²) >= 11 is 1.66. The van der Waals surface area contributed by atoms with Crippen molar-refractivity contribution in [3.63, 3.8) is 0 Å². The van der Waals surface area contributed by atoms with Crippen molar-refractivity contribution in [1.29, 1.82) is 0 Å². The molecule has 0 saturated carbocycles. The number of carbonyl (C=O) groups is 1. The van der Waals surface area contributed by atoms with E-state index in [2.05, 4.69) is 16.1 Å². The fourth-order valence-electron chi connectivity index (χ4n) is 3.30. The fraction of sp³-hybridized carbons (Fsp3) is 0.421. The van der Waals surface area contributed by atoms with Gasteiger partial charge in [-0.25, -0.2) is 4.98 Å². The highest BCUT2D eigenvalue weighted by atomic mass is 32.1. The first kappa shape index (κ1) is 17.2. The van der Waals surface area contributed by atoms with Crippen LogP contribution in [0.2, 0.25) is 0 Å². The van der Waals surface area contributed by atoms with Gasteiger partial charge in [-0.3, -0.25) is 9.48 Å². The van der Waals surface area contributed by atoms with E-state index in [4.69, 9.17) is 0 Å². The molecular formula is C19H22N4O2S. The molecule has 3 aromatic rings. The molecule has 2 aromatic heterocycles. The summed E-state index contributed by atoms with van der Waals surface area (Å²) in [6.45, 7) is 3.79. The van der Waals surface area contributed by atoms with Crippen LogP contribution >= 0.6 is 11.3 Å². The standard InChI is InChI=1S/C19H22N4O2S/c1-13(24)16-11-14-12-22(9-4-10-23(14)21-16)19(25)8-7-18-20-15-5-2-3-6-17(15)26-18/h2-3,5-6,11,13,24H,4,7-10,12H2,1H3/t13-/m0/s1. The van der Waals surface area contributed by atoms with Crippen molar-refractivity contribution in [3.05, 3.63) is 46.7 Å². The number of aliphatic hydroxyl groups is 1. The van der Waals surface area contributed by atoms with E-state index in [0.29, 0.717) is 25.1 Å². The number of amides is 1. The lowest BCUT2D eigenvalue weighted by atomic mass is 10.2. The van der Waals surface area contributed by atoms with Crippen LogP contribution in [0.15, 0.2) is 30.3 Å². The highest BCUT2D eigenvalue weighted by molar-refractivity contribution is 7.18. The summed E-state index contributed by atoms with van der Waals surface area (Å²) in [6.07, 6.45) is 1.43. The van der Waals surface area contributed by atoms with Crippen LogP contribution in [0.4, 0.5) is 0 Å². The summed E-state index contributed by atoms with van der Waals surface area (Å²) in [4.78, 5) is 19.2. The second-order valence-corrected chi connectivity index (χ2v) is 7.82. The van der Waals surface area contributed by atoms with E-state index >= 15 is 0 Å². The van der Waals surface area contributed by atoms with Crippen molar-refractivity contribution in [2.45, 2.75) is 45.4 Å². The largest absolute Gasteiger partial charge is 0.387 e. The van der Waals surface area contributed by atoms with Crippen LogP contribution in [0, 0.1) is 0 Å². The average Bonchev–Trinajstić information content (AvgIpc) is 3.17. The number of aryl methyl sites for hydroxylation is 2. The molecule has 1 aliphatic rings. The predicted octanol–water partition coefficient (Wildman–Crippen LogP) is 2.91. The molecule has 0 bridgehead atoms. The molecule has 0 fully saturated rings. The van der Waals surface area contributed by atoms with Crippen LogP contribution in [0.3, 0.4) is 0 Å². The average molecular weight is 370 g/mol. The van der Waals surface area contributed by atoms with Crippen LogP contribution in [-0.2, 0) is 24.3 Å². The van der Waals surface area contributed by atoms with Gasteiger partial charge < -0.3 is 10.0 Å². The van der Waals surface area contributed by atoms with Gasteiger partial charge in [0.2, 0.25) is 5.91 Å². The Labute approximate surface area is 156 Å². The van der Waals surface area contributed by atoms with E-state index in [1.807, 2.05) is 33.8 Å². The van der Waals surface area contributed by atoms with Gasteiger partial charge in [-0.2, -0.15) is 5.10 Å². The first-order chi connectivity index (χ1) is 12.6. The number of aliphatic hydroxyl groups excluding tert-OH is 1. The summed E-state index contributed by atoms with van der Waals surface area (Å²) < 4.78 is 3.09. The third-order valence-electron chi connectivity index (χ3n) is 4.70. The second-order valence-electron chi connectivity index (χ2n) is 6.70. The smallest absolute Gasteiger partial charge is 0.223 e. The third kappa shape index (κ3) is 3.50. The molecule has 136 valence electrons. The minimum Gasteiger partial charge on any atom is -0.387 e. The number of fused-ring (bicyclic) bond motifs is 2. The second kappa shape index (κ2) is 7.17. The van der Waals surface area contributed by atoms with Gasteiger partial charge in [0.1, 0.15) is 0 Å². The molecule has 1 aliphatic heterocycles. The molecule has 0 spiro atoms. The number of aromatic nitrogens is 3. The SMILES string of the molecule is C[C@H](O)c1cc2n(n1)CCCN(C(=O)CCc1nc3ccccc3s1)C2. The van der Waals surface area contributed by atoms with Crippen LogP contribution < -0.4 is 0 Å². The highest BCUT2D eigenvalue weighted by Gasteiger charge is 2.21. The first-order valence-electron chi connectivity index (χ1n) is 8.97. The quantitative estimate of drug-likeness (QED) is 0.766. The van der Waals surface area contributed by atoms with Crippen LogP contribution in [0.5, 0.6) is 0 Å². The van der Waals surface area contributed by atoms with Crippen molar-refractivity contribution >= 4 is 27.5 Å². The molecule has 1 amide bonds. The summed E-state index contributed by atoms with van der Waals surface area (Å²) in [5.41, 5.74) is 2.67. The fourth-order valence-corrected chi connectivity index (χ4v) is 4.27. The first-order valence-corrected chi connectivity index (χ1v) is 9.79. The predicted molar refractivity (Wildman–Crippen MR) is 101 cm³/mol. The maximum absolute atomic E-state index is 12.7. The maximum Gasteiger partial charge on any atom is 0.223 e. The van der Waals surface area contributed by atoms with Gasteiger partial charge >= 0.3 is 0 Å². The van der Waals surface area contributed by atoms with Crippen LogP contribution in [0.1, 0.15) is 42.3 Å². The topological polar surface area (TPSA) is 71.2 Å². The minimum atomic E-state index is -0.586. The van der Waals surface area contributed by atoms with Crippen LogP contribution in [0.25, 0.3) is 10.2 Å². The lowest BCUT2D eigenvalue weighted by Crippen LogP contribution is -2.30. The zero-order chi connectivity index (χ0) is 18.1. The lowest BCUT2D eigenvalue weighted by Gasteiger charge is -2.19. The zero-order valence-electron chi connectivity index (χ0n) is 14.8. The van der Waals surface area contributed by atoms with E-state index in [9.17, 15) is 9.90 Å². The molecular weight excluding hydrogens is 348 g/mol. The van der Waals surface area contributed by atoms with Crippen molar-refractivity contribution in [1.82, 2.24) is 19.7 Å². The van der Waals surface area contributed by atoms with Gasteiger partial charge in [-0.15, -0.1) is 11.3 Å². The van der Waals surface area contributed by atoms with Gasteiger partial charge in [-0.1, -0.05) is 12.1 Å². The molecule has 0 unspecified atom stereocenters. The van der Waals surface area contributed by atoms with E-state index in [1.165, 1.54) is 4.70 Å². The Morgan fingerprint density at radius 2 is 2.19 bits per heavy atom. The maximum atomic E-state index is 12.7. The summed E-state index contributed by atoms with van der Waals surface area (Å²) in [5, 5.41) is 15.2. The van der Waals surface area contributed by atoms with E-state index in [0.717, 1.165) is 35.7 Å². The monoisotopic (exact) mass is 370 g/mol. The summed E-state index contributed by atoms with van der Waals surface area (Å²) in [6, 6.07) is 9.97. The van der Waals surface area contributed by atoms with Crippen molar-refractivity contribution in [2.75, 3.05) is 6.54 Å². The number of rotatable bonds is 4. The number of thiazole rings is 1. The van der Waals surface area contributed by atoms with E-state index in [1.54, 1.807) is 18.3 Å². The molecule has 1 atom stereocenters. The number of hydrogen-bond donors (Lipinski definition) is 1. The molecule has 1 aromatic carbocycles. The molecule has 6 nitrogen and oxygen atoms in total. The number of carbonyl (C=O) groups excluding carboxylic acids is 1. The van der Waals surface area contributed by atoms with Gasteiger partial charge in [-0.05, 0) is 31.5 Å². The van der Waals surface area contributed by atoms with E-state index < -0.39 is 6.10 Å². The Balaban J connectivity index is 1.42. The Morgan fingerprint density at radius 1 is 1.35 bits per heavy atom. The number of hydrogen-bond acceptors (Lipinski definition) is 5. The molecule has 26 heavy (non-hydrogen) atoms. The Hall–Kier alpha value is -2.25. The zero-order valence-corrected chi connectivity index (χ0v) is 15.6. The molecule has 0 saturated heterocycles. The highest BCUT2D eigenvalue weighted by Crippen LogP contribution is 2.23. The van der Waals surface area contributed by atoms with Crippen molar-refractivity contribution in [2.24, 2.45) is 0 Å². The molecule has 0 radical (unpaired) electrons. The molecule has 0 aliphatic carbocycles. The Kier molecular flexibility index (Phi) is 4.74. The molecule has 7 heteroatoms. The van der Waals surface area contributed by atoms with Crippen LogP contribution in [-0.4, -0.2) is 37.2 Å². The Morgan fingerprint density at radius 3 is 3.00 bits per heavy atom. The lowest BCUT2D eigenvalue weighted by molar-refractivity contribution is -0.131. The van der Waals surface area contributed by atoms with Gasteiger partial charge in [0.25, 0.3) is 0 Å². The molecule has 3 heterocycles. The number of para-hydroxylation sites is 1. The number of benzene rings is 1. The third-order valence-corrected chi connectivity index (χ3v) is 5.80. The molecule has 1 N–H and O–H groups in total. The normalized spacial score (nSPS) is 15.7. The van der Waals surface area contributed by atoms with Crippen molar-refractivity contribution in [3.8, 4) is 0 Å². The molecule has 4 rings (SSSR count). The van der Waals surface area contributed by atoms with Gasteiger partial charge in [0.15, 0.2) is 0 Å². The Bertz CT molecular complexity index is 898. The van der Waals surface area contributed by atoms with Gasteiger partial charge in [0.05, 0.1) is 39.3 Å². The van der Waals surface area contributed by atoms with Crippen molar-refractivity contribution < 1.29 is 9.90 Å². The minimum absolute atomic E-state index is 0.150. The summed E-state index contributed by atoms with van der Waals surface area (Å²) in [7, 11) is 0. The van der Waals surface area contributed by atoms with E-state index in [-0.39, 0.29) is 5.91 Å². The summed E-state index contributed by atoms with van der Waals surface area (Å²) in [5.74, 6) is 0.150.